The predicted molar refractivity (Wildman–Crippen MR) is 236 cm³/mol. The maximum atomic E-state index is 13.3. The first kappa shape index (κ1) is 51.3. The molecule has 9 N–H and O–H groups in total. The van der Waals surface area contributed by atoms with Gasteiger partial charge < -0.3 is 21.5 Å². The molecule has 0 saturated carbocycles. The number of nitrogens with zero attached hydrogens (tertiary/aromatic N) is 9. The summed E-state index contributed by atoms with van der Waals surface area (Å²) in [7, 11) is -23.8. The Morgan fingerprint density at radius 2 is 1.33 bits per heavy atom. The number of hydrazone groups is 1. The van der Waals surface area contributed by atoms with Gasteiger partial charge in [0.25, 0.3) is 36.3 Å². The minimum absolute atomic E-state index is 0.0182. The van der Waals surface area contributed by atoms with E-state index in [2.05, 4.69) is 55.3 Å². The van der Waals surface area contributed by atoms with Crippen molar-refractivity contribution in [3.8, 4) is 0 Å². The van der Waals surface area contributed by atoms with Gasteiger partial charge >= 0.3 is 16.4 Å². The number of carbonyl (C=O) groups is 2. The monoisotopic (exact) mass is 1070 g/mol. The highest BCUT2D eigenvalue weighted by atomic mass is 35.5. The SMILES string of the molecule is Nc1cc(Nc2nc(Cl)nc(Nc3ccc(S(=O)(=O)O)c(N=NC4C(=O)N(c5ccc(S(=O)(=O)O)cc5)N=C4C(=O)O)c3)n2)c(S(=O)(=O)O)cc1N=Nc1ccc(S(=O)(=O)CCOS(=O)(=O)O)cc1. The van der Waals surface area contributed by atoms with Crippen LogP contribution in [0.4, 0.5) is 51.7 Å². The lowest BCUT2D eigenvalue weighted by Gasteiger charge is -2.13. The van der Waals surface area contributed by atoms with Gasteiger partial charge in [0, 0.05) is 5.69 Å². The van der Waals surface area contributed by atoms with Crippen molar-refractivity contribution < 1.29 is 79.2 Å². The van der Waals surface area contributed by atoms with E-state index in [1.54, 1.807) is 0 Å². The summed E-state index contributed by atoms with van der Waals surface area (Å²) in [5.41, 5.74) is 3.21. The first-order valence-electron chi connectivity index (χ1n) is 18.0. The van der Waals surface area contributed by atoms with Gasteiger partial charge in [0.15, 0.2) is 15.5 Å². The summed E-state index contributed by atoms with van der Waals surface area (Å²) >= 11 is 6.11. The normalized spacial score (nSPS) is 14.9. The number of azo groups is 2. The summed E-state index contributed by atoms with van der Waals surface area (Å²) in [6, 6.07) is 10.9. The van der Waals surface area contributed by atoms with Crippen LogP contribution in [0.25, 0.3) is 0 Å². The molecule has 0 radical (unpaired) electrons. The third kappa shape index (κ3) is 12.9. The van der Waals surface area contributed by atoms with Crippen molar-refractivity contribution in [2.24, 2.45) is 25.6 Å². The number of nitrogens with two attached hydrogens (primary N) is 1. The van der Waals surface area contributed by atoms with Gasteiger partial charge in [0.2, 0.25) is 23.2 Å². The van der Waals surface area contributed by atoms with Crippen molar-refractivity contribution in [3.05, 3.63) is 84.1 Å². The first-order valence-corrected chi connectivity index (χ1v) is 25.7. The maximum absolute atomic E-state index is 13.3. The highest BCUT2D eigenvalue weighted by molar-refractivity contribution is 7.91. The molecule has 2 heterocycles. The fourth-order valence-electron chi connectivity index (χ4n) is 5.56. The largest absolute Gasteiger partial charge is 0.477 e. The van der Waals surface area contributed by atoms with Crippen molar-refractivity contribution in [1.82, 2.24) is 15.0 Å². The molecule has 0 spiro atoms. The maximum Gasteiger partial charge on any atom is 0.397 e. The van der Waals surface area contributed by atoms with Gasteiger partial charge in [-0.25, -0.2) is 17.4 Å². The Morgan fingerprint density at radius 3 is 1.91 bits per heavy atom. The number of sulfone groups is 1. The van der Waals surface area contributed by atoms with Gasteiger partial charge in [-0.15, -0.1) is 5.11 Å². The van der Waals surface area contributed by atoms with E-state index in [0.717, 1.165) is 66.7 Å². The molecule has 6 rings (SSSR count). The van der Waals surface area contributed by atoms with Crippen LogP contribution in [0.3, 0.4) is 0 Å². The van der Waals surface area contributed by atoms with Crippen LogP contribution in [0, 0.1) is 0 Å². The molecule has 0 aliphatic carbocycles. The average molecular weight is 1080 g/mol. The van der Waals surface area contributed by atoms with Crippen molar-refractivity contribution in [2.45, 2.75) is 25.6 Å². The van der Waals surface area contributed by atoms with Crippen LogP contribution in [-0.4, -0.2) is 116 Å². The van der Waals surface area contributed by atoms with E-state index in [0.29, 0.717) is 5.01 Å². The van der Waals surface area contributed by atoms with Gasteiger partial charge in [-0.3, -0.25) is 23.0 Å². The standard InChI is InChI=1S/C33H27ClN12O18S5/c34-31-38-32(36-17-3-10-25(67(55,56)57)24(13-17)43-44-27-28(30(48)49)45-46(29(27)47)18-4-8-20(9-5-18)66(52,53)54)40-33(39-31)37-23-14-21(35)22(15-26(23)68(58,59)60)42-41-16-1-6-19(7-2-16)65(50,51)12-11-64-69(61,62)63/h1-10,13-15,27H,11-12,35H2,(H,48,49)(H,52,53,54)(H,55,56,57)(H,58,59,60)(H,61,62,63)(H2,36,37,38,39,40). The summed E-state index contributed by atoms with van der Waals surface area (Å²) in [4.78, 5) is 34.5. The van der Waals surface area contributed by atoms with Gasteiger partial charge in [0.05, 0.1) is 44.9 Å². The Bertz CT molecular complexity index is 3590. The van der Waals surface area contributed by atoms with Crippen molar-refractivity contribution in [2.75, 3.05) is 33.7 Å². The number of hydrogen-bond acceptors (Lipinski definition) is 24. The van der Waals surface area contributed by atoms with E-state index in [1.807, 2.05) is 0 Å². The average Bonchev–Trinajstić information content (AvgIpc) is 3.56. The van der Waals surface area contributed by atoms with Crippen molar-refractivity contribution in [1.29, 1.82) is 0 Å². The molecule has 1 aliphatic heterocycles. The molecule has 30 nitrogen and oxygen atoms in total. The van der Waals surface area contributed by atoms with Crippen LogP contribution >= 0.6 is 11.6 Å². The summed E-state index contributed by atoms with van der Waals surface area (Å²) in [5, 5.41) is 33.7. The molecule has 69 heavy (non-hydrogen) atoms. The fourth-order valence-corrected chi connectivity index (χ4v) is 8.94. The number of carbonyl (C=O) groups excluding carboxylic acids is 1. The minimum Gasteiger partial charge on any atom is -0.477 e. The second-order valence-corrected chi connectivity index (χ2v) is 21.1. The number of hydrogen-bond donors (Lipinski definition) is 8. The van der Waals surface area contributed by atoms with Gasteiger partial charge in [-0.2, -0.15) is 74.1 Å². The number of benzene rings is 4. The van der Waals surface area contributed by atoms with Crippen LogP contribution in [0.5, 0.6) is 0 Å². The molecule has 36 heteroatoms. The van der Waals surface area contributed by atoms with E-state index in [1.165, 1.54) is 12.1 Å². The number of aliphatic carboxylic acids is 1. The van der Waals surface area contributed by atoms with Crippen LogP contribution in [-0.2, 0) is 64.4 Å². The number of aromatic nitrogens is 3. The first-order chi connectivity index (χ1) is 32.0. The predicted octanol–water partition coefficient (Wildman–Crippen LogP) is 3.28. The smallest absolute Gasteiger partial charge is 0.397 e. The summed E-state index contributed by atoms with van der Waals surface area (Å²) in [6.45, 7) is -0.870. The highest BCUT2D eigenvalue weighted by Crippen LogP contribution is 2.36. The highest BCUT2D eigenvalue weighted by Gasteiger charge is 2.41. The zero-order chi connectivity index (χ0) is 50.9. The number of rotatable bonds is 18. The lowest BCUT2D eigenvalue weighted by atomic mass is 10.2. The molecular weight excluding hydrogens is 1050 g/mol. The quantitative estimate of drug-likeness (QED) is 0.0354. The van der Waals surface area contributed by atoms with Crippen LogP contribution in [0.2, 0.25) is 5.28 Å². The zero-order valence-electron chi connectivity index (χ0n) is 33.6. The van der Waals surface area contributed by atoms with E-state index >= 15 is 0 Å². The topological polar surface area (TPSA) is 469 Å². The molecular formula is C33H27ClN12O18S5. The zero-order valence-corrected chi connectivity index (χ0v) is 38.4. The van der Waals surface area contributed by atoms with Crippen molar-refractivity contribution >= 4 is 131 Å². The summed E-state index contributed by atoms with van der Waals surface area (Å²) in [6.07, 6.45) is 0. The Balaban J connectivity index is 1.23. The number of anilines is 6. The number of amides is 1. The molecule has 1 aliphatic rings. The van der Waals surface area contributed by atoms with Crippen LogP contribution < -0.4 is 21.4 Å². The van der Waals surface area contributed by atoms with E-state index < -0.39 is 130 Å². The molecule has 1 aromatic heterocycles. The second-order valence-electron chi connectivity index (χ2n) is 13.3. The lowest BCUT2D eigenvalue weighted by Crippen LogP contribution is -2.33. The molecule has 1 amide bonds. The molecule has 1 unspecified atom stereocenters. The number of halogens is 1. The molecule has 0 saturated heterocycles. The third-order valence-corrected chi connectivity index (χ3v) is 13.6. The molecule has 0 fully saturated rings. The van der Waals surface area contributed by atoms with Crippen LogP contribution in [0.15, 0.2) is 124 Å². The lowest BCUT2D eigenvalue weighted by molar-refractivity contribution is -0.130. The van der Waals surface area contributed by atoms with E-state index in [9.17, 15) is 70.4 Å². The van der Waals surface area contributed by atoms with Gasteiger partial charge in [-0.05, 0) is 90.5 Å². The molecule has 1 atom stereocenters. The number of carboxylic acids is 1. The van der Waals surface area contributed by atoms with E-state index in [4.69, 9.17) is 21.9 Å². The minimum atomic E-state index is -5.10. The molecule has 364 valence electrons. The van der Waals surface area contributed by atoms with Crippen molar-refractivity contribution in [3.63, 3.8) is 0 Å². The van der Waals surface area contributed by atoms with Crippen LogP contribution in [0.1, 0.15) is 0 Å². The number of nitrogen functional groups attached to an aromatic ring is 1. The van der Waals surface area contributed by atoms with E-state index in [-0.39, 0.29) is 33.3 Å². The number of carboxylic acid groups (broad SMARTS) is 1. The molecule has 0 bridgehead atoms. The van der Waals surface area contributed by atoms with Gasteiger partial charge in [-0.1, -0.05) is 0 Å². The molecule has 5 aromatic rings. The summed E-state index contributed by atoms with van der Waals surface area (Å²) < 4.78 is 161. The third-order valence-electron chi connectivity index (χ3n) is 8.60. The van der Waals surface area contributed by atoms with Gasteiger partial charge in [0.1, 0.15) is 21.2 Å². The summed E-state index contributed by atoms with van der Waals surface area (Å²) in [5.74, 6) is -4.65. The Morgan fingerprint density at radius 1 is 0.725 bits per heavy atom. The Hall–Kier alpha value is -7.06. The number of nitrogens with one attached hydrogen (secondary N) is 2. The fraction of sp³-hybridized carbons (Fsp3) is 0.0909. The second kappa shape index (κ2) is 19.5. The Kier molecular flexibility index (Phi) is 14.5. The Labute approximate surface area is 392 Å². The molecule has 4 aromatic carbocycles.